The number of aromatic hydroxyl groups is 1. The second kappa shape index (κ2) is 4.13. The number of carbonyl (C=O) groups is 1. The summed E-state index contributed by atoms with van der Waals surface area (Å²) in [5.74, 6) is -0.329. The normalized spacial score (nSPS) is 15.5. The zero-order valence-corrected chi connectivity index (χ0v) is 8.18. The number of aromatic nitrogens is 1. The Morgan fingerprint density at radius 2 is 2.20 bits per heavy atom. The summed E-state index contributed by atoms with van der Waals surface area (Å²) < 4.78 is 0. The van der Waals surface area contributed by atoms with Gasteiger partial charge >= 0.3 is 0 Å². The van der Waals surface area contributed by atoms with Crippen LogP contribution in [0, 0.1) is 0 Å². The molecule has 1 aliphatic carbocycles. The van der Waals surface area contributed by atoms with Crippen molar-refractivity contribution in [2.45, 2.75) is 18.9 Å². The van der Waals surface area contributed by atoms with Crippen LogP contribution in [-0.4, -0.2) is 22.0 Å². The molecule has 0 aliphatic heterocycles. The number of nitrogens with zero attached hydrogens (tertiary/aromatic N) is 1. The van der Waals surface area contributed by atoms with E-state index in [4.69, 9.17) is 0 Å². The molecule has 0 unspecified atom stereocenters. The molecule has 1 aliphatic rings. The van der Waals surface area contributed by atoms with Crippen LogP contribution in [-0.2, 0) is 0 Å². The van der Waals surface area contributed by atoms with E-state index in [1.54, 1.807) is 0 Å². The van der Waals surface area contributed by atoms with Gasteiger partial charge in [0.05, 0.1) is 11.8 Å². The lowest BCUT2D eigenvalue weighted by Gasteiger charge is -2.12. The second-order valence-electron chi connectivity index (χ2n) is 3.51. The maximum absolute atomic E-state index is 11.7. The number of carbonyl (C=O) groups excluding carboxylic acids is 1. The van der Waals surface area contributed by atoms with E-state index in [2.05, 4.69) is 10.3 Å². The Hall–Kier alpha value is -1.84. The van der Waals surface area contributed by atoms with Crippen molar-refractivity contribution in [3.8, 4) is 5.75 Å². The van der Waals surface area contributed by atoms with Crippen molar-refractivity contribution >= 4 is 5.91 Å². The minimum atomic E-state index is -0.247. The molecule has 0 radical (unpaired) electrons. The molecule has 0 aromatic carbocycles. The maximum Gasteiger partial charge on any atom is 0.255 e. The molecule has 0 saturated carbocycles. The summed E-state index contributed by atoms with van der Waals surface area (Å²) in [5.41, 5.74) is 0.275. The van der Waals surface area contributed by atoms with Crippen molar-refractivity contribution in [2.24, 2.45) is 0 Å². The molecule has 0 bridgehead atoms. The van der Waals surface area contributed by atoms with E-state index < -0.39 is 0 Å². The zero-order valence-electron chi connectivity index (χ0n) is 8.18. The van der Waals surface area contributed by atoms with E-state index in [9.17, 15) is 9.90 Å². The standard InChI is InChI=1S/C11H12N2O2/c14-10-7-12-6-5-9(10)11(15)13-8-3-1-2-4-8/h1-2,5-8,14H,3-4H2,(H,13,15). The molecule has 2 N–H and O–H groups in total. The average molecular weight is 204 g/mol. The maximum atomic E-state index is 11.7. The van der Waals surface area contributed by atoms with Gasteiger partial charge in [-0.05, 0) is 18.9 Å². The highest BCUT2D eigenvalue weighted by Crippen LogP contribution is 2.15. The highest BCUT2D eigenvalue weighted by Gasteiger charge is 2.16. The van der Waals surface area contributed by atoms with Gasteiger partial charge in [-0.3, -0.25) is 9.78 Å². The van der Waals surface area contributed by atoms with Crippen LogP contribution in [0.5, 0.6) is 5.75 Å². The summed E-state index contributed by atoms with van der Waals surface area (Å²) in [6.07, 6.45) is 8.55. The summed E-state index contributed by atoms with van der Waals surface area (Å²) in [6, 6.07) is 1.66. The van der Waals surface area contributed by atoms with Crippen LogP contribution in [0.2, 0.25) is 0 Å². The summed E-state index contributed by atoms with van der Waals surface area (Å²) in [7, 11) is 0. The third kappa shape index (κ3) is 2.15. The van der Waals surface area contributed by atoms with Crippen LogP contribution < -0.4 is 5.32 Å². The van der Waals surface area contributed by atoms with Crippen LogP contribution in [0.3, 0.4) is 0 Å². The lowest BCUT2D eigenvalue weighted by Crippen LogP contribution is -2.32. The van der Waals surface area contributed by atoms with Gasteiger partial charge < -0.3 is 10.4 Å². The molecule has 0 spiro atoms. The van der Waals surface area contributed by atoms with Crippen LogP contribution in [0.15, 0.2) is 30.6 Å². The van der Waals surface area contributed by atoms with E-state index >= 15 is 0 Å². The first kappa shape index (κ1) is 9.71. The molecule has 1 heterocycles. The molecule has 0 atom stereocenters. The average Bonchev–Trinajstić information content (AvgIpc) is 2.71. The Labute approximate surface area is 87.7 Å². The van der Waals surface area contributed by atoms with Gasteiger partial charge in [0.1, 0.15) is 5.75 Å². The highest BCUT2D eigenvalue weighted by atomic mass is 16.3. The Bertz CT molecular complexity index is 393. The van der Waals surface area contributed by atoms with Crippen molar-refractivity contribution in [1.82, 2.24) is 10.3 Å². The van der Waals surface area contributed by atoms with Crippen LogP contribution in [0.1, 0.15) is 23.2 Å². The van der Waals surface area contributed by atoms with Gasteiger partial charge in [-0.15, -0.1) is 0 Å². The van der Waals surface area contributed by atoms with Crippen molar-refractivity contribution in [1.29, 1.82) is 0 Å². The van der Waals surface area contributed by atoms with E-state index in [0.29, 0.717) is 0 Å². The summed E-state index contributed by atoms with van der Waals surface area (Å²) in [6.45, 7) is 0. The highest BCUT2D eigenvalue weighted by molar-refractivity contribution is 5.96. The van der Waals surface area contributed by atoms with Gasteiger partial charge in [0.2, 0.25) is 0 Å². The Kier molecular flexibility index (Phi) is 2.67. The largest absolute Gasteiger partial charge is 0.505 e. The molecule has 0 fully saturated rings. The van der Waals surface area contributed by atoms with Gasteiger partial charge in [0, 0.05) is 12.2 Å². The van der Waals surface area contributed by atoms with E-state index in [-0.39, 0.29) is 23.3 Å². The molecular weight excluding hydrogens is 192 g/mol. The van der Waals surface area contributed by atoms with Crippen LogP contribution in [0.25, 0.3) is 0 Å². The van der Waals surface area contributed by atoms with Crippen molar-refractivity contribution < 1.29 is 9.90 Å². The minimum Gasteiger partial charge on any atom is -0.505 e. The Balaban J connectivity index is 2.05. The number of rotatable bonds is 2. The van der Waals surface area contributed by atoms with Crippen molar-refractivity contribution in [3.05, 3.63) is 36.2 Å². The minimum absolute atomic E-state index is 0.0824. The predicted molar refractivity (Wildman–Crippen MR) is 55.5 cm³/mol. The van der Waals surface area contributed by atoms with E-state index in [1.807, 2.05) is 12.2 Å². The van der Waals surface area contributed by atoms with Crippen LogP contribution >= 0.6 is 0 Å². The molecule has 1 aromatic heterocycles. The van der Waals surface area contributed by atoms with Crippen LogP contribution in [0.4, 0.5) is 0 Å². The fourth-order valence-corrected chi connectivity index (χ4v) is 1.58. The number of hydrogen-bond donors (Lipinski definition) is 2. The van der Waals surface area contributed by atoms with E-state index in [1.165, 1.54) is 18.5 Å². The topological polar surface area (TPSA) is 62.2 Å². The molecule has 1 aromatic rings. The third-order valence-corrected chi connectivity index (χ3v) is 2.39. The number of hydrogen-bond acceptors (Lipinski definition) is 3. The second-order valence-corrected chi connectivity index (χ2v) is 3.51. The summed E-state index contributed by atoms with van der Waals surface area (Å²) >= 11 is 0. The van der Waals surface area contributed by atoms with Crippen molar-refractivity contribution in [3.63, 3.8) is 0 Å². The summed E-state index contributed by atoms with van der Waals surface area (Å²) in [4.78, 5) is 15.4. The first-order valence-electron chi connectivity index (χ1n) is 4.86. The Morgan fingerprint density at radius 3 is 2.87 bits per heavy atom. The first-order valence-corrected chi connectivity index (χ1v) is 4.86. The lowest BCUT2D eigenvalue weighted by atomic mass is 10.2. The fourth-order valence-electron chi connectivity index (χ4n) is 1.58. The fraction of sp³-hybridized carbons (Fsp3) is 0.273. The number of pyridine rings is 1. The quantitative estimate of drug-likeness (QED) is 0.712. The van der Waals surface area contributed by atoms with Gasteiger partial charge in [-0.25, -0.2) is 0 Å². The van der Waals surface area contributed by atoms with Gasteiger partial charge in [0.25, 0.3) is 5.91 Å². The SMILES string of the molecule is O=C(NC1CC=CC1)c1ccncc1O. The smallest absolute Gasteiger partial charge is 0.255 e. The Morgan fingerprint density at radius 1 is 1.47 bits per heavy atom. The number of nitrogens with one attached hydrogen (secondary N) is 1. The molecule has 78 valence electrons. The first-order chi connectivity index (χ1) is 7.27. The predicted octanol–water partition coefficient (Wildman–Crippen LogP) is 1.24. The molecule has 4 nitrogen and oxygen atoms in total. The van der Waals surface area contributed by atoms with Gasteiger partial charge in [-0.2, -0.15) is 0 Å². The number of amides is 1. The molecule has 2 rings (SSSR count). The molecule has 4 heteroatoms. The zero-order chi connectivity index (χ0) is 10.7. The molecule has 15 heavy (non-hydrogen) atoms. The lowest BCUT2D eigenvalue weighted by molar-refractivity contribution is 0.0936. The van der Waals surface area contributed by atoms with Crippen molar-refractivity contribution in [2.75, 3.05) is 0 Å². The van der Waals surface area contributed by atoms with Gasteiger partial charge in [-0.1, -0.05) is 12.2 Å². The molecule has 0 saturated heterocycles. The molecular formula is C11H12N2O2. The monoisotopic (exact) mass is 204 g/mol. The molecule has 1 amide bonds. The van der Waals surface area contributed by atoms with Gasteiger partial charge in [0.15, 0.2) is 0 Å². The summed E-state index contributed by atoms with van der Waals surface area (Å²) in [5, 5.41) is 12.3. The van der Waals surface area contributed by atoms with E-state index in [0.717, 1.165) is 12.8 Å². The third-order valence-electron chi connectivity index (χ3n) is 2.39.